The van der Waals surface area contributed by atoms with E-state index < -0.39 is 0 Å². The van der Waals surface area contributed by atoms with E-state index in [0.29, 0.717) is 5.92 Å². The highest BCUT2D eigenvalue weighted by molar-refractivity contribution is 4.87. The molecule has 1 aliphatic carbocycles. The summed E-state index contributed by atoms with van der Waals surface area (Å²) in [6.07, 6.45) is 15.0. The van der Waals surface area contributed by atoms with Gasteiger partial charge >= 0.3 is 0 Å². The Kier molecular flexibility index (Phi) is 10.3. The first kappa shape index (κ1) is 18.9. The van der Waals surface area contributed by atoms with E-state index in [-0.39, 0.29) is 25.2 Å². The lowest BCUT2D eigenvalue weighted by Crippen LogP contribution is -2.34. The first-order valence-electron chi connectivity index (χ1n) is 9.11. The van der Waals surface area contributed by atoms with Crippen LogP contribution in [0.5, 0.6) is 0 Å². The van der Waals surface area contributed by atoms with E-state index >= 15 is 0 Å². The maximum absolute atomic E-state index is 9.54. The van der Waals surface area contributed by atoms with Crippen LogP contribution in [0.2, 0.25) is 0 Å². The zero-order valence-electron chi connectivity index (χ0n) is 13.7. The summed E-state index contributed by atoms with van der Waals surface area (Å²) in [6.45, 7) is 0.618. The van der Waals surface area contributed by atoms with Crippen LogP contribution in [0.3, 0.4) is 0 Å². The van der Waals surface area contributed by atoms with Gasteiger partial charge in [-0.25, -0.2) is 0 Å². The lowest BCUT2D eigenvalue weighted by Gasteiger charge is -2.41. The van der Waals surface area contributed by atoms with Crippen LogP contribution in [0, 0.1) is 11.3 Å². The zero-order chi connectivity index (χ0) is 15.4. The highest BCUT2D eigenvalue weighted by atomic mass is 16.3. The summed E-state index contributed by atoms with van der Waals surface area (Å²) in [6, 6.07) is 0. The summed E-state index contributed by atoms with van der Waals surface area (Å²) in [7, 11) is 0. The fourth-order valence-corrected chi connectivity index (χ4v) is 4.27. The van der Waals surface area contributed by atoms with Crippen LogP contribution in [0.25, 0.3) is 0 Å². The van der Waals surface area contributed by atoms with Gasteiger partial charge in [0.2, 0.25) is 0 Å². The second kappa shape index (κ2) is 11.4. The SMILES string of the molecule is OCCC1CCCCCCCCCCC1(CCO)CCO. The Morgan fingerprint density at radius 2 is 1.19 bits per heavy atom. The molecule has 0 bridgehead atoms. The van der Waals surface area contributed by atoms with Crippen LogP contribution >= 0.6 is 0 Å². The minimum atomic E-state index is 0.0332. The maximum atomic E-state index is 9.54. The molecule has 21 heavy (non-hydrogen) atoms. The van der Waals surface area contributed by atoms with Gasteiger partial charge in [0.1, 0.15) is 0 Å². The molecule has 3 N–H and O–H groups in total. The van der Waals surface area contributed by atoms with Crippen molar-refractivity contribution in [2.75, 3.05) is 19.8 Å². The van der Waals surface area contributed by atoms with Crippen LogP contribution in [0.15, 0.2) is 0 Å². The second-order valence-corrected chi connectivity index (χ2v) is 6.89. The average molecular weight is 300 g/mol. The summed E-state index contributed by atoms with van der Waals surface area (Å²) in [4.78, 5) is 0. The van der Waals surface area contributed by atoms with Gasteiger partial charge in [-0.1, -0.05) is 51.4 Å². The van der Waals surface area contributed by atoms with E-state index in [2.05, 4.69) is 0 Å². The van der Waals surface area contributed by atoms with Crippen molar-refractivity contribution in [1.82, 2.24) is 0 Å². The van der Waals surface area contributed by atoms with Crippen LogP contribution in [-0.2, 0) is 0 Å². The van der Waals surface area contributed by atoms with Gasteiger partial charge in [-0.05, 0) is 43.4 Å². The molecular weight excluding hydrogens is 264 g/mol. The lowest BCUT2D eigenvalue weighted by molar-refractivity contribution is 0.0379. The molecule has 1 saturated carbocycles. The van der Waals surface area contributed by atoms with Crippen LogP contribution in [-0.4, -0.2) is 35.1 Å². The van der Waals surface area contributed by atoms with Crippen molar-refractivity contribution in [2.24, 2.45) is 11.3 Å². The Morgan fingerprint density at radius 3 is 1.71 bits per heavy atom. The number of rotatable bonds is 6. The Labute approximate surface area is 130 Å². The van der Waals surface area contributed by atoms with Gasteiger partial charge in [0.25, 0.3) is 0 Å². The molecule has 0 heterocycles. The fourth-order valence-electron chi connectivity index (χ4n) is 4.27. The third kappa shape index (κ3) is 6.66. The summed E-state index contributed by atoms with van der Waals surface area (Å²) in [5.41, 5.74) is 0.0332. The van der Waals surface area contributed by atoms with Crippen LogP contribution < -0.4 is 0 Å². The van der Waals surface area contributed by atoms with Gasteiger partial charge in [0.05, 0.1) is 0 Å². The summed E-state index contributed by atoms with van der Waals surface area (Å²) < 4.78 is 0. The van der Waals surface area contributed by atoms with E-state index in [1.165, 1.54) is 51.4 Å². The normalized spacial score (nSPS) is 25.0. The molecule has 0 aromatic rings. The van der Waals surface area contributed by atoms with Crippen molar-refractivity contribution in [3.63, 3.8) is 0 Å². The van der Waals surface area contributed by atoms with Crippen LogP contribution in [0.4, 0.5) is 0 Å². The molecule has 0 aromatic carbocycles. The van der Waals surface area contributed by atoms with E-state index in [1.54, 1.807) is 0 Å². The Balaban J connectivity index is 2.80. The predicted octanol–water partition coefficient (Wildman–Crippen LogP) is 3.65. The van der Waals surface area contributed by atoms with Gasteiger partial charge in [-0.15, -0.1) is 0 Å². The van der Waals surface area contributed by atoms with Crippen molar-refractivity contribution in [3.05, 3.63) is 0 Å². The molecule has 0 radical (unpaired) electrons. The molecule has 0 saturated heterocycles. The van der Waals surface area contributed by atoms with E-state index in [1.807, 2.05) is 0 Å². The summed E-state index contributed by atoms with van der Waals surface area (Å²) in [5, 5.41) is 28.5. The number of hydrogen-bond donors (Lipinski definition) is 3. The van der Waals surface area contributed by atoms with Gasteiger partial charge in [-0.3, -0.25) is 0 Å². The van der Waals surface area contributed by atoms with Crippen molar-refractivity contribution >= 4 is 0 Å². The second-order valence-electron chi connectivity index (χ2n) is 6.89. The van der Waals surface area contributed by atoms with Crippen LogP contribution in [0.1, 0.15) is 83.5 Å². The molecule has 0 amide bonds. The monoisotopic (exact) mass is 300 g/mol. The summed E-state index contributed by atoms with van der Waals surface area (Å²) >= 11 is 0. The van der Waals surface area contributed by atoms with Crippen molar-refractivity contribution in [2.45, 2.75) is 83.5 Å². The quantitative estimate of drug-likeness (QED) is 0.701. The lowest BCUT2D eigenvalue weighted by atomic mass is 9.64. The van der Waals surface area contributed by atoms with E-state index in [9.17, 15) is 15.3 Å². The molecule has 1 aliphatic rings. The first-order chi connectivity index (χ1) is 10.3. The minimum absolute atomic E-state index is 0.0332. The number of aliphatic hydroxyl groups is 3. The van der Waals surface area contributed by atoms with Gasteiger partial charge in [-0.2, -0.15) is 0 Å². The highest BCUT2D eigenvalue weighted by Gasteiger charge is 2.36. The van der Waals surface area contributed by atoms with Gasteiger partial charge in [0, 0.05) is 19.8 Å². The molecule has 0 aromatic heterocycles. The Morgan fingerprint density at radius 1 is 0.667 bits per heavy atom. The predicted molar refractivity (Wildman–Crippen MR) is 87.2 cm³/mol. The molecule has 0 spiro atoms. The van der Waals surface area contributed by atoms with E-state index in [0.717, 1.165) is 32.1 Å². The average Bonchev–Trinajstić information content (AvgIpc) is 2.47. The van der Waals surface area contributed by atoms with Crippen molar-refractivity contribution in [3.8, 4) is 0 Å². The molecule has 1 unspecified atom stereocenters. The molecule has 0 aliphatic heterocycles. The molecule has 3 heteroatoms. The highest BCUT2D eigenvalue weighted by Crippen LogP contribution is 2.45. The molecule has 1 rings (SSSR count). The number of hydrogen-bond acceptors (Lipinski definition) is 3. The van der Waals surface area contributed by atoms with E-state index in [4.69, 9.17) is 0 Å². The minimum Gasteiger partial charge on any atom is -0.396 e. The standard InChI is InChI=1S/C18H36O3/c19-14-10-17-9-7-5-3-1-2-4-6-8-11-18(17,12-15-20)13-16-21/h17,19-21H,1-16H2. The third-order valence-electron chi connectivity index (χ3n) is 5.54. The van der Waals surface area contributed by atoms with Crippen molar-refractivity contribution in [1.29, 1.82) is 0 Å². The van der Waals surface area contributed by atoms with Gasteiger partial charge in [0.15, 0.2) is 0 Å². The first-order valence-corrected chi connectivity index (χ1v) is 9.11. The Hall–Kier alpha value is -0.120. The molecule has 1 atom stereocenters. The molecular formula is C18H36O3. The van der Waals surface area contributed by atoms with Crippen molar-refractivity contribution < 1.29 is 15.3 Å². The van der Waals surface area contributed by atoms with Gasteiger partial charge < -0.3 is 15.3 Å². The molecule has 3 nitrogen and oxygen atoms in total. The fraction of sp³-hybridized carbons (Fsp3) is 1.00. The zero-order valence-corrected chi connectivity index (χ0v) is 13.7. The number of aliphatic hydroxyl groups excluding tert-OH is 3. The molecule has 126 valence electrons. The largest absolute Gasteiger partial charge is 0.396 e. The Bertz CT molecular complexity index is 237. The smallest absolute Gasteiger partial charge is 0.0436 e. The topological polar surface area (TPSA) is 60.7 Å². The third-order valence-corrected chi connectivity index (χ3v) is 5.54. The summed E-state index contributed by atoms with van der Waals surface area (Å²) in [5.74, 6) is 0.446. The maximum Gasteiger partial charge on any atom is 0.0436 e. The molecule has 1 fully saturated rings.